The lowest BCUT2D eigenvalue weighted by atomic mass is 10.1. The van der Waals surface area contributed by atoms with E-state index in [9.17, 15) is 18.8 Å². The van der Waals surface area contributed by atoms with Gasteiger partial charge in [0, 0.05) is 5.56 Å². The maximum absolute atomic E-state index is 13.0. The van der Waals surface area contributed by atoms with Crippen molar-refractivity contribution in [2.24, 2.45) is 0 Å². The minimum Gasteiger partial charge on any atom is -0.482 e. The number of Topliss-reactive ketones (excluding diaryl/α,β-unsaturated/α-hetero) is 1. The van der Waals surface area contributed by atoms with Crippen molar-refractivity contribution < 1.29 is 33.0 Å². The molecule has 0 fully saturated rings. The van der Waals surface area contributed by atoms with Crippen LogP contribution >= 0.6 is 0 Å². The molecule has 3 rings (SSSR count). The maximum Gasteiger partial charge on any atom is 0.350 e. The quantitative estimate of drug-likeness (QED) is 0.605. The number of esters is 1. The molecule has 146 valence electrons. The summed E-state index contributed by atoms with van der Waals surface area (Å²) in [6, 6.07) is 9.73. The van der Waals surface area contributed by atoms with Crippen molar-refractivity contribution in [3.8, 4) is 11.5 Å². The zero-order chi connectivity index (χ0) is 20.3. The number of anilines is 1. The van der Waals surface area contributed by atoms with E-state index in [2.05, 4.69) is 5.32 Å². The molecule has 2 aromatic rings. The summed E-state index contributed by atoms with van der Waals surface area (Å²) in [5.74, 6) is -1.19. The van der Waals surface area contributed by atoms with Gasteiger partial charge in [-0.05, 0) is 56.3 Å². The molecule has 0 aromatic heterocycles. The molecular formula is C20H18FNO6. The van der Waals surface area contributed by atoms with Crippen LogP contribution < -0.4 is 14.8 Å². The van der Waals surface area contributed by atoms with E-state index in [-0.39, 0.29) is 18.1 Å². The fourth-order valence-corrected chi connectivity index (χ4v) is 2.48. The van der Waals surface area contributed by atoms with Crippen LogP contribution in [0.15, 0.2) is 42.5 Å². The number of ether oxygens (including phenoxy) is 3. The Hall–Kier alpha value is -3.42. The summed E-state index contributed by atoms with van der Waals surface area (Å²) in [5.41, 5.74) is -0.738. The van der Waals surface area contributed by atoms with Crippen LogP contribution in [0.5, 0.6) is 11.5 Å². The van der Waals surface area contributed by atoms with Gasteiger partial charge in [-0.1, -0.05) is 0 Å². The van der Waals surface area contributed by atoms with Crippen LogP contribution in [-0.4, -0.2) is 36.5 Å². The first kappa shape index (κ1) is 19.3. The Labute approximate surface area is 160 Å². The normalized spacial score (nSPS) is 13.0. The molecule has 0 saturated heterocycles. The van der Waals surface area contributed by atoms with Gasteiger partial charge in [0.15, 0.2) is 24.6 Å². The zero-order valence-corrected chi connectivity index (χ0v) is 15.3. The summed E-state index contributed by atoms with van der Waals surface area (Å²) < 4.78 is 28.8. The van der Waals surface area contributed by atoms with Crippen molar-refractivity contribution in [2.45, 2.75) is 19.4 Å². The molecule has 1 N–H and O–H groups in total. The van der Waals surface area contributed by atoms with Gasteiger partial charge in [0.1, 0.15) is 17.3 Å². The molecule has 8 heteroatoms. The number of halogens is 1. The van der Waals surface area contributed by atoms with Crippen LogP contribution in [0.2, 0.25) is 0 Å². The minimum atomic E-state index is -1.38. The molecule has 0 saturated carbocycles. The molecule has 0 radical (unpaired) electrons. The van der Waals surface area contributed by atoms with Crippen LogP contribution in [-0.2, 0) is 14.3 Å². The van der Waals surface area contributed by atoms with Gasteiger partial charge in [-0.25, -0.2) is 9.18 Å². The molecule has 1 aliphatic heterocycles. The average Bonchev–Trinajstić information content (AvgIpc) is 2.66. The smallest absolute Gasteiger partial charge is 0.350 e. The average molecular weight is 387 g/mol. The van der Waals surface area contributed by atoms with Gasteiger partial charge < -0.3 is 19.5 Å². The number of rotatable bonds is 6. The highest BCUT2D eigenvalue weighted by molar-refractivity contribution is 6.01. The van der Waals surface area contributed by atoms with Crippen molar-refractivity contribution in [2.75, 3.05) is 18.5 Å². The number of benzene rings is 2. The molecule has 0 bridgehead atoms. The van der Waals surface area contributed by atoms with Gasteiger partial charge in [0.05, 0.1) is 5.69 Å². The number of carbonyl (C=O) groups is 3. The van der Waals surface area contributed by atoms with Crippen molar-refractivity contribution >= 4 is 23.3 Å². The second kappa shape index (κ2) is 7.67. The Morgan fingerprint density at radius 1 is 1.18 bits per heavy atom. The summed E-state index contributed by atoms with van der Waals surface area (Å²) >= 11 is 0. The van der Waals surface area contributed by atoms with E-state index in [4.69, 9.17) is 14.2 Å². The van der Waals surface area contributed by atoms with E-state index in [0.29, 0.717) is 17.2 Å². The Kier molecular flexibility index (Phi) is 5.30. The number of hydrogen-bond donors (Lipinski definition) is 1. The van der Waals surface area contributed by atoms with Crippen LogP contribution in [0.1, 0.15) is 24.2 Å². The van der Waals surface area contributed by atoms with Crippen LogP contribution in [0.25, 0.3) is 0 Å². The van der Waals surface area contributed by atoms with E-state index < -0.39 is 29.8 Å². The predicted octanol–water partition coefficient (Wildman–Crippen LogP) is 2.74. The minimum absolute atomic E-state index is 0.0823. The van der Waals surface area contributed by atoms with Crippen molar-refractivity contribution in [1.82, 2.24) is 0 Å². The van der Waals surface area contributed by atoms with Gasteiger partial charge in [-0.15, -0.1) is 0 Å². The summed E-state index contributed by atoms with van der Waals surface area (Å²) in [6.07, 6.45) is 0. The topological polar surface area (TPSA) is 90.9 Å². The number of ketones is 1. The molecule has 0 spiro atoms. The van der Waals surface area contributed by atoms with Crippen LogP contribution in [0.4, 0.5) is 10.1 Å². The van der Waals surface area contributed by atoms with E-state index in [1.54, 1.807) is 6.07 Å². The number of hydrogen-bond acceptors (Lipinski definition) is 6. The second-order valence-electron chi connectivity index (χ2n) is 6.61. The third-order valence-electron chi connectivity index (χ3n) is 3.95. The molecule has 1 aliphatic rings. The van der Waals surface area contributed by atoms with Gasteiger partial charge in [0.25, 0.3) is 5.91 Å². The van der Waals surface area contributed by atoms with Crippen molar-refractivity contribution in [3.05, 3.63) is 53.8 Å². The first-order valence-electron chi connectivity index (χ1n) is 8.46. The molecule has 7 nitrogen and oxygen atoms in total. The Morgan fingerprint density at radius 2 is 1.89 bits per heavy atom. The Bertz CT molecular complexity index is 923. The molecule has 0 atom stereocenters. The third-order valence-corrected chi connectivity index (χ3v) is 3.95. The SMILES string of the molecule is CC(C)(Oc1ccc(F)cc1)C(=O)OCC(=O)c1ccc2c(c1)NC(=O)CO2. The number of carbonyl (C=O) groups excluding carboxylic acids is 3. The lowest BCUT2D eigenvalue weighted by molar-refractivity contribution is -0.158. The highest BCUT2D eigenvalue weighted by Crippen LogP contribution is 2.28. The Balaban J connectivity index is 1.60. The molecule has 2 aromatic carbocycles. The van der Waals surface area contributed by atoms with E-state index in [1.807, 2.05) is 0 Å². The summed E-state index contributed by atoms with van der Waals surface area (Å²) in [4.78, 5) is 36.0. The third kappa shape index (κ3) is 4.46. The summed E-state index contributed by atoms with van der Waals surface area (Å²) in [7, 11) is 0. The van der Waals surface area contributed by atoms with Crippen molar-refractivity contribution in [3.63, 3.8) is 0 Å². The lowest BCUT2D eigenvalue weighted by Crippen LogP contribution is -2.40. The lowest BCUT2D eigenvalue weighted by Gasteiger charge is -2.24. The second-order valence-corrected chi connectivity index (χ2v) is 6.61. The van der Waals surface area contributed by atoms with Gasteiger partial charge >= 0.3 is 5.97 Å². The van der Waals surface area contributed by atoms with Crippen molar-refractivity contribution in [1.29, 1.82) is 0 Å². The maximum atomic E-state index is 13.0. The summed E-state index contributed by atoms with van der Waals surface area (Å²) in [6.45, 7) is 2.38. The Morgan fingerprint density at radius 3 is 2.61 bits per heavy atom. The first-order chi connectivity index (χ1) is 13.2. The molecule has 28 heavy (non-hydrogen) atoms. The number of fused-ring (bicyclic) bond motifs is 1. The molecule has 0 unspecified atom stereocenters. The van der Waals surface area contributed by atoms with E-state index in [1.165, 1.54) is 50.2 Å². The van der Waals surface area contributed by atoms with Crippen LogP contribution in [0, 0.1) is 5.82 Å². The largest absolute Gasteiger partial charge is 0.482 e. The zero-order valence-electron chi connectivity index (χ0n) is 15.3. The molecule has 1 amide bonds. The van der Waals surface area contributed by atoms with E-state index in [0.717, 1.165) is 0 Å². The highest BCUT2D eigenvalue weighted by Gasteiger charge is 2.32. The predicted molar refractivity (Wildman–Crippen MR) is 97.0 cm³/mol. The standard InChI is InChI=1S/C20H18FNO6/c1-20(2,28-14-6-4-13(21)5-7-14)19(25)27-10-16(23)12-3-8-17-15(9-12)22-18(24)11-26-17/h3-9H,10-11H2,1-2H3,(H,22,24). The fraction of sp³-hybridized carbons (Fsp3) is 0.250. The van der Waals surface area contributed by atoms with Gasteiger partial charge in [-0.2, -0.15) is 0 Å². The number of nitrogens with one attached hydrogen (secondary N) is 1. The highest BCUT2D eigenvalue weighted by atomic mass is 19.1. The number of amides is 1. The van der Waals surface area contributed by atoms with Crippen LogP contribution in [0.3, 0.4) is 0 Å². The molecule has 0 aliphatic carbocycles. The van der Waals surface area contributed by atoms with Gasteiger partial charge in [0.2, 0.25) is 0 Å². The molecular weight excluding hydrogens is 369 g/mol. The van der Waals surface area contributed by atoms with Gasteiger partial charge in [-0.3, -0.25) is 9.59 Å². The monoisotopic (exact) mass is 387 g/mol. The fourth-order valence-electron chi connectivity index (χ4n) is 2.48. The summed E-state index contributed by atoms with van der Waals surface area (Å²) in [5, 5.41) is 2.60. The first-order valence-corrected chi connectivity index (χ1v) is 8.46. The molecule has 1 heterocycles. The van der Waals surface area contributed by atoms with E-state index >= 15 is 0 Å².